The van der Waals surface area contributed by atoms with Crippen molar-refractivity contribution in [3.05, 3.63) is 53.8 Å². The zero-order valence-electron chi connectivity index (χ0n) is 9.39. The summed E-state index contributed by atoms with van der Waals surface area (Å²) in [7, 11) is 4.05. The maximum absolute atomic E-state index is 5.86. The van der Waals surface area contributed by atoms with Crippen LogP contribution < -0.4 is 9.47 Å². The molecule has 3 heteroatoms. The first-order valence-electron chi connectivity index (χ1n) is 5.11. The van der Waals surface area contributed by atoms with Gasteiger partial charge in [-0.3, -0.25) is 0 Å². The molecule has 0 unspecified atom stereocenters. The van der Waals surface area contributed by atoms with Gasteiger partial charge in [0.1, 0.15) is 7.05 Å². The van der Waals surface area contributed by atoms with Gasteiger partial charge in [-0.1, -0.05) is 11.6 Å². The Kier molecular flexibility index (Phi) is 3.11. The maximum Gasteiger partial charge on any atom is 0.170 e. The van der Waals surface area contributed by atoms with Crippen molar-refractivity contribution in [1.29, 1.82) is 0 Å². The van der Waals surface area contributed by atoms with E-state index in [9.17, 15) is 0 Å². The number of aromatic nitrogens is 1. The summed E-state index contributed by atoms with van der Waals surface area (Å²) < 4.78 is 2.01. The summed E-state index contributed by atoms with van der Waals surface area (Å²) >= 11 is 5.86. The lowest BCUT2D eigenvalue weighted by atomic mass is 10.2. The van der Waals surface area contributed by atoms with Gasteiger partial charge >= 0.3 is 0 Å². The predicted octanol–water partition coefficient (Wildman–Crippen LogP) is 2.93. The van der Waals surface area contributed by atoms with E-state index in [2.05, 4.69) is 17.0 Å². The molecule has 0 spiro atoms. The molecule has 1 aromatic heterocycles. The van der Waals surface area contributed by atoms with Gasteiger partial charge in [-0.25, -0.2) is 4.57 Å². The molecule has 0 amide bonds. The van der Waals surface area contributed by atoms with E-state index < -0.39 is 0 Å². The van der Waals surface area contributed by atoms with E-state index in [1.165, 1.54) is 0 Å². The summed E-state index contributed by atoms with van der Waals surface area (Å²) in [6.07, 6.45) is 4.06. The average molecular weight is 234 g/mol. The van der Waals surface area contributed by atoms with Gasteiger partial charge < -0.3 is 4.90 Å². The molecule has 0 bridgehead atoms. The molecule has 0 saturated carbocycles. The zero-order chi connectivity index (χ0) is 11.5. The van der Waals surface area contributed by atoms with Crippen LogP contribution in [0.3, 0.4) is 0 Å². The molecule has 0 saturated heterocycles. The number of rotatable bonds is 2. The van der Waals surface area contributed by atoms with Crippen LogP contribution in [-0.2, 0) is 7.05 Å². The van der Waals surface area contributed by atoms with E-state index in [0.29, 0.717) is 0 Å². The van der Waals surface area contributed by atoms with Gasteiger partial charge in [-0.2, -0.15) is 0 Å². The number of benzene rings is 1. The highest BCUT2D eigenvalue weighted by molar-refractivity contribution is 6.30. The van der Waals surface area contributed by atoms with Crippen LogP contribution in [0.1, 0.15) is 0 Å². The fourth-order valence-corrected chi connectivity index (χ4v) is 1.66. The molecular formula is C13H14ClN2+. The monoisotopic (exact) mass is 233 g/mol. The smallest absolute Gasteiger partial charge is 0.170 e. The number of pyridine rings is 1. The first-order chi connectivity index (χ1) is 7.66. The lowest BCUT2D eigenvalue weighted by Crippen LogP contribution is -2.26. The normalized spacial score (nSPS) is 10.2. The molecule has 16 heavy (non-hydrogen) atoms. The number of halogens is 1. The predicted molar refractivity (Wildman–Crippen MR) is 67.1 cm³/mol. The van der Waals surface area contributed by atoms with Crippen molar-refractivity contribution >= 4 is 23.0 Å². The summed E-state index contributed by atoms with van der Waals surface area (Å²) in [6.45, 7) is 0. The number of anilines is 2. The van der Waals surface area contributed by atoms with Crippen molar-refractivity contribution < 1.29 is 4.57 Å². The second-order valence-corrected chi connectivity index (χ2v) is 4.19. The Bertz CT molecular complexity index is 417. The topological polar surface area (TPSA) is 7.12 Å². The van der Waals surface area contributed by atoms with Gasteiger partial charge in [0.25, 0.3) is 0 Å². The van der Waals surface area contributed by atoms with Gasteiger partial charge in [0.05, 0.1) is 5.69 Å². The van der Waals surface area contributed by atoms with Gasteiger partial charge in [0, 0.05) is 29.9 Å². The number of hydrogen-bond donors (Lipinski definition) is 0. The molecule has 0 radical (unpaired) electrons. The Morgan fingerprint density at radius 2 is 1.44 bits per heavy atom. The van der Waals surface area contributed by atoms with Crippen molar-refractivity contribution in [1.82, 2.24) is 0 Å². The van der Waals surface area contributed by atoms with Crippen LogP contribution in [0.2, 0.25) is 5.02 Å². The van der Waals surface area contributed by atoms with Gasteiger partial charge in [0.2, 0.25) is 0 Å². The summed E-state index contributed by atoms with van der Waals surface area (Å²) in [5.74, 6) is 0. The minimum atomic E-state index is 0.761. The molecule has 2 rings (SSSR count). The fourth-order valence-electron chi connectivity index (χ4n) is 1.53. The van der Waals surface area contributed by atoms with E-state index >= 15 is 0 Å². The summed E-state index contributed by atoms with van der Waals surface area (Å²) in [5, 5.41) is 0.761. The molecule has 0 aliphatic carbocycles. The number of nitrogens with zero attached hydrogens (tertiary/aromatic N) is 2. The largest absolute Gasteiger partial charge is 0.344 e. The average Bonchev–Trinajstić information content (AvgIpc) is 2.30. The van der Waals surface area contributed by atoms with Crippen molar-refractivity contribution in [3.8, 4) is 0 Å². The highest BCUT2D eigenvalue weighted by Gasteiger charge is 2.04. The van der Waals surface area contributed by atoms with Crippen molar-refractivity contribution in [2.75, 3.05) is 11.9 Å². The van der Waals surface area contributed by atoms with Crippen molar-refractivity contribution in [2.24, 2.45) is 7.05 Å². The van der Waals surface area contributed by atoms with E-state index in [4.69, 9.17) is 11.6 Å². The van der Waals surface area contributed by atoms with Crippen LogP contribution in [0.15, 0.2) is 48.8 Å². The minimum absolute atomic E-state index is 0.761. The van der Waals surface area contributed by atoms with E-state index in [1.807, 2.05) is 55.3 Å². The standard InChI is InChI=1S/C13H14ClN2/c1-15-9-7-13(8-10-15)16(2)12-5-3-11(14)4-6-12/h3-10H,1-2H3/q+1. The Morgan fingerprint density at radius 3 is 2.00 bits per heavy atom. The van der Waals surface area contributed by atoms with Crippen LogP contribution in [0.4, 0.5) is 11.4 Å². The molecule has 0 aliphatic heterocycles. The first kappa shape index (κ1) is 11.0. The van der Waals surface area contributed by atoms with E-state index in [0.717, 1.165) is 16.4 Å². The Morgan fingerprint density at radius 1 is 0.938 bits per heavy atom. The SMILES string of the molecule is CN(c1ccc(Cl)cc1)c1cc[n+](C)cc1. The van der Waals surface area contributed by atoms with Crippen LogP contribution in [0, 0.1) is 0 Å². The quantitative estimate of drug-likeness (QED) is 0.724. The Hall–Kier alpha value is -1.54. The van der Waals surface area contributed by atoms with Gasteiger partial charge in [-0.15, -0.1) is 0 Å². The third-order valence-electron chi connectivity index (χ3n) is 2.56. The fraction of sp³-hybridized carbons (Fsp3) is 0.154. The number of aryl methyl sites for hydroxylation is 1. The lowest BCUT2D eigenvalue weighted by Gasteiger charge is -2.18. The second-order valence-electron chi connectivity index (χ2n) is 3.76. The van der Waals surface area contributed by atoms with E-state index in [-0.39, 0.29) is 0 Å². The molecule has 0 fully saturated rings. The number of hydrogen-bond acceptors (Lipinski definition) is 1. The molecule has 82 valence electrons. The molecular weight excluding hydrogens is 220 g/mol. The summed E-state index contributed by atoms with van der Waals surface area (Å²) in [5.41, 5.74) is 2.28. The third-order valence-corrected chi connectivity index (χ3v) is 2.81. The summed E-state index contributed by atoms with van der Waals surface area (Å²) in [4.78, 5) is 2.12. The molecule has 0 N–H and O–H groups in total. The van der Waals surface area contributed by atoms with Crippen LogP contribution in [0.5, 0.6) is 0 Å². The van der Waals surface area contributed by atoms with Crippen molar-refractivity contribution in [2.45, 2.75) is 0 Å². The molecule has 1 heterocycles. The third kappa shape index (κ3) is 2.34. The molecule has 0 aliphatic rings. The Labute approximate surface area is 101 Å². The highest BCUT2D eigenvalue weighted by atomic mass is 35.5. The molecule has 1 aromatic carbocycles. The Balaban J connectivity index is 2.28. The van der Waals surface area contributed by atoms with Gasteiger partial charge in [0.15, 0.2) is 12.4 Å². The minimum Gasteiger partial charge on any atom is -0.344 e. The van der Waals surface area contributed by atoms with Crippen molar-refractivity contribution in [3.63, 3.8) is 0 Å². The van der Waals surface area contributed by atoms with Crippen LogP contribution >= 0.6 is 11.6 Å². The first-order valence-corrected chi connectivity index (χ1v) is 5.49. The lowest BCUT2D eigenvalue weighted by molar-refractivity contribution is -0.671. The van der Waals surface area contributed by atoms with Gasteiger partial charge in [-0.05, 0) is 24.3 Å². The second kappa shape index (κ2) is 4.54. The molecule has 2 nitrogen and oxygen atoms in total. The molecule has 2 aromatic rings. The van der Waals surface area contributed by atoms with Crippen LogP contribution in [-0.4, -0.2) is 7.05 Å². The van der Waals surface area contributed by atoms with Crippen LogP contribution in [0.25, 0.3) is 0 Å². The summed E-state index contributed by atoms with van der Waals surface area (Å²) in [6, 6.07) is 12.0. The molecule has 0 atom stereocenters. The maximum atomic E-state index is 5.86. The van der Waals surface area contributed by atoms with E-state index in [1.54, 1.807) is 0 Å². The zero-order valence-corrected chi connectivity index (χ0v) is 10.1. The highest BCUT2D eigenvalue weighted by Crippen LogP contribution is 2.23.